The van der Waals surface area contributed by atoms with Crippen molar-refractivity contribution in [3.8, 4) is 0 Å². The molecule has 2 rings (SSSR count). The van der Waals surface area contributed by atoms with E-state index in [0.717, 1.165) is 19.4 Å². The lowest BCUT2D eigenvalue weighted by molar-refractivity contribution is -0.134. The first-order chi connectivity index (χ1) is 8.31. The van der Waals surface area contributed by atoms with Gasteiger partial charge in [0.2, 0.25) is 5.91 Å². The fourth-order valence-corrected chi connectivity index (χ4v) is 3.29. The summed E-state index contributed by atoms with van der Waals surface area (Å²) in [6.45, 7) is 3.16. The molecule has 0 spiro atoms. The smallest absolute Gasteiger partial charge is 0.223 e. The van der Waals surface area contributed by atoms with Crippen LogP contribution >= 0.6 is 11.3 Å². The normalized spacial score (nSPS) is 20.5. The molecule has 1 saturated heterocycles. The molecule has 17 heavy (non-hydrogen) atoms. The van der Waals surface area contributed by atoms with Crippen LogP contribution in [0, 0.1) is 0 Å². The summed E-state index contributed by atoms with van der Waals surface area (Å²) < 4.78 is 0. The minimum atomic E-state index is 0.350. The van der Waals surface area contributed by atoms with Gasteiger partial charge in [-0.3, -0.25) is 4.79 Å². The number of hydrogen-bond donors (Lipinski definition) is 0. The van der Waals surface area contributed by atoms with E-state index >= 15 is 0 Å². The van der Waals surface area contributed by atoms with E-state index in [4.69, 9.17) is 0 Å². The second-order valence-electron chi connectivity index (χ2n) is 4.78. The minimum absolute atomic E-state index is 0.350. The highest BCUT2D eigenvalue weighted by atomic mass is 32.1. The summed E-state index contributed by atoms with van der Waals surface area (Å²) in [5.74, 6) is 0.350. The Morgan fingerprint density at radius 2 is 2.41 bits per heavy atom. The van der Waals surface area contributed by atoms with Gasteiger partial charge in [0.1, 0.15) is 0 Å². The van der Waals surface area contributed by atoms with Crippen molar-refractivity contribution in [2.75, 3.05) is 6.54 Å². The van der Waals surface area contributed by atoms with E-state index in [9.17, 15) is 4.79 Å². The highest BCUT2D eigenvalue weighted by molar-refractivity contribution is 7.07. The molecule has 1 aromatic rings. The van der Waals surface area contributed by atoms with E-state index in [1.165, 1.54) is 24.8 Å². The third-order valence-electron chi connectivity index (χ3n) is 3.63. The molecule has 0 aliphatic carbocycles. The second-order valence-corrected chi connectivity index (χ2v) is 5.56. The number of likely N-dealkylation sites (tertiary alicyclic amines) is 1. The fourth-order valence-electron chi connectivity index (χ4n) is 2.58. The zero-order chi connectivity index (χ0) is 12.1. The summed E-state index contributed by atoms with van der Waals surface area (Å²) in [6, 6.07) is 2.62. The maximum Gasteiger partial charge on any atom is 0.223 e. The highest BCUT2D eigenvalue weighted by Crippen LogP contribution is 2.21. The summed E-state index contributed by atoms with van der Waals surface area (Å²) in [7, 11) is 0. The second kappa shape index (κ2) is 6.20. The van der Waals surface area contributed by atoms with Crippen LogP contribution in [-0.4, -0.2) is 23.4 Å². The van der Waals surface area contributed by atoms with Crippen LogP contribution in [0.4, 0.5) is 0 Å². The van der Waals surface area contributed by atoms with Gasteiger partial charge in [-0.25, -0.2) is 0 Å². The molecule has 0 N–H and O–H groups in total. The monoisotopic (exact) mass is 251 g/mol. The van der Waals surface area contributed by atoms with E-state index in [-0.39, 0.29) is 0 Å². The average molecular weight is 251 g/mol. The van der Waals surface area contributed by atoms with Crippen molar-refractivity contribution in [1.82, 2.24) is 4.90 Å². The van der Waals surface area contributed by atoms with Crippen molar-refractivity contribution >= 4 is 17.2 Å². The largest absolute Gasteiger partial charge is 0.340 e. The summed E-state index contributed by atoms with van der Waals surface area (Å²) in [4.78, 5) is 14.3. The van der Waals surface area contributed by atoms with Gasteiger partial charge in [0.15, 0.2) is 0 Å². The molecule has 1 aromatic heterocycles. The molecule has 3 heteroatoms. The van der Waals surface area contributed by atoms with Gasteiger partial charge < -0.3 is 4.90 Å². The Morgan fingerprint density at radius 3 is 3.12 bits per heavy atom. The van der Waals surface area contributed by atoms with Crippen molar-refractivity contribution in [2.24, 2.45) is 0 Å². The number of aryl methyl sites for hydroxylation is 1. The van der Waals surface area contributed by atoms with Gasteiger partial charge in [-0.15, -0.1) is 0 Å². The number of piperidine rings is 1. The lowest BCUT2D eigenvalue weighted by atomic mass is 9.99. The molecule has 0 aromatic carbocycles. The Kier molecular flexibility index (Phi) is 4.60. The number of hydrogen-bond acceptors (Lipinski definition) is 2. The van der Waals surface area contributed by atoms with Gasteiger partial charge in [-0.1, -0.05) is 6.92 Å². The first-order valence-electron chi connectivity index (χ1n) is 6.61. The Morgan fingerprint density at radius 1 is 1.53 bits per heavy atom. The van der Waals surface area contributed by atoms with Crippen molar-refractivity contribution in [2.45, 2.75) is 51.5 Å². The van der Waals surface area contributed by atoms with Gasteiger partial charge in [-0.2, -0.15) is 11.3 Å². The number of amides is 1. The van der Waals surface area contributed by atoms with Crippen LogP contribution in [0.5, 0.6) is 0 Å². The fraction of sp³-hybridized carbons (Fsp3) is 0.643. The molecule has 2 heterocycles. The molecule has 0 saturated carbocycles. The lowest BCUT2D eigenvalue weighted by Crippen LogP contribution is -2.43. The minimum Gasteiger partial charge on any atom is -0.340 e. The van der Waals surface area contributed by atoms with Crippen LogP contribution in [0.3, 0.4) is 0 Å². The van der Waals surface area contributed by atoms with Crippen molar-refractivity contribution in [1.29, 1.82) is 0 Å². The Bertz CT molecular complexity index is 347. The van der Waals surface area contributed by atoms with Crippen LogP contribution in [0.25, 0.3) is 0 Å². The molecule has 0 radical (unpaired) electrons. The zero-order valence-electron chi connectivity index (χ0n) is 10.5. The number of carbonyl (C=O) groups excluding carboxylic acids is 1. The number of thiophene rings is 1. The van der Waals surface area contributed by atoms with Crippen molar-refractivity contribution in [3.05, 3.63) is 22.4 Å². The maximum atomic E-state index is 12.2. The van der Waals surface area contributed by atoms with Crippen LogP contribution in [0.2, 0.25) is 0 Å². The van der Waals surface area contributed by atoms with Crippen molar-refractivity contribution < 1.29 is 4.79 Å². The first-order valence-corrected chi connectivity index (χ1v) is 7.56. The SMILES string of the molecule is CCC1CCCCN1C(=O)CCc1ccsc1. The topological polar surface area (TPSA) is 20.3 Å². The molecular formula is C14H21NOS. The van der Waals surface area contributed by atoms with Gasteiger partial charge in [0, 0.05) is 19.0 Å². The Hall–Kier alpha value is -0.830. The average Bonchev–Trinajstić information content (AvgIpc) is 2.89. The van der Waals surface area contributed by atoms with E-state index in [2.05, 4.69) is 28.7 Å². The van der Waals surface area contributed by atoms with Crippen molar-refractivity contribution in [3.63, 3.8) is 0 Å². The molecule has 1 fully saturated rings. The van der Waals surface area contributed by atoms with E-state index in [1.807, 2.05) is 0 Å². The van der Waals surface area contributed by atoms with E-state index in [0.29, 0.717) is 18.4 Å². The van der Waals surface area contributed by atoms with E-state index < -0.39 is 0 Å². The maximum absolute atomic E-state index is 12.2. The van der Waals surface area contributed by atoms with Crippen LogP contribution in [-0.2, 0) is 11.2 Å². The molecule has 2 nitrogen and oxygen atoms in total. The van der Waals surface area contributed by atoms with Crippen LogP contribution in [0.15, 0.2) is 16.8 Å². The summed E-state index contributed by atoms with van der Waals surface area (Å²) in [5.41, 5.74) is 1.30. The molecular weight excluding hydrogens is 230 g/mol. The molecule has 1 aliphatic heterocycles. The molecule has 1 unspecified atom stereocenters. The third kappa shape index (κ3) is 3.32. The third-order valence-corrected chi connectivity index (χ3v) is 4.36. The molecule has 0 bridgehead atoms. The molecule has 1 aliphatic rings. The number of carbonyl (C=O) groups is 1. The Balaban J connectivity index is 1.85. The quantitative estimate of drug-likeness (QED) is 0.802. The Labute approximate surface area is 108 Å². The molecule has 1 amide bonds. The van der Waals surface area contributed by atoms with Crippen LogP contribution in [0.1, 0.15) is 44.6 Å². The van der Waals surface area contributed by atoms with Gasteiger partial charge in [0.25, 0.3) is 0 Å². The van der Waals surface area contributed by atoms with Gasteiger partial charge >= 0.3 is 0 Å². The predicted molar refractivity (Wildman–Crippen MR) is 72.3 cm³/mol. The highest BCUT2D eigenvalue weighted by Gasteiger charge is 2.24. The molecule has 1 atom stereocenters. The summed E-state index contributed by atoms with van der Waals surface area (Å²) in [5, 5.41) is 4.22. The first kappa shape index (κ1) is 12.6. The zero-order valence-corrected chi connectivity index (χ0v) is 11.3. The van der Waals surface area contributed by atoms with E-state index in [1.54, 1.807) is 11.3 Å². The summed E-state index contributed by atoms with van der Waals surface area (Å²) >= 11 is 1.71. The lowest BCUT2D eigenvalue weighted by Gasteiger charge is -2.35. The van der Waals surface area contributed by atoms with Gasteiger partial charge in [0.05, 0.1) is 0 Å². The standard InChI is InChI=1S/C14H21NOS/c1-2-13-5-3-4-9-15(13)14(16)7-6-12-8-10-17-11-12/h8,10-11,13H,2-7,9H2,1H3. The molecule has 94 valence electrons. The predicted octanol–water partition coefficient (Wildman–Crippen LogP) is 3.47. The number of nitrogens with zero attached hydrogens (tertiary/aromatic N) is 1. The number of rotatable bonds is 4. The van der Waals surface area contributed by atoms with Gasteiger partial charge in [-0.05, 0) is 54.5 Å². The van der Waals surface area contributed by atoms with Crippen LogP contribution < -0.4 is 0 Å². The summed E-state index contributed by atoms with van der Waals surface area (Å²) in [6.07, 6.45) is 6.33.